The van der Waals surface area contributed by atoms with E-state index in [1.54, 1.807) is 0 Å². The number of fused-ring (bicyclic) bond motifs is 1. The molecule has 0 aromatic heterocycles. The van der Waals surface area contributed by atoms with Crippen LogP contribution in [0.4, 0.5) is 11.4 Å². The Morgan fingerprint density at radius 3 is 2.67 bits per heavy atom. The molecular formula is C22H29N3O2. The summed E-state index contributed by atoms with van der Waals surface area (Å²) >= 11 is 0. The lowest BCUT2D eigenvalue weighted by Gasteiger charge is -2.24. The summed E-state index contributed by atoms with van der Waals surface area (Å²) in [5, 5.41) is 6.43. The highest BCUT2D eigenvalue weighted by molar-refractivity contribution is 5.95. The van der Waals surface area contributed by atoms with Crippen molar-refractivity contribution in [2.45, 2.75) is 39.5 Å². The van der Waals surface area contributed by atoms with E-state index in [4.69, 9.17) is 10.5 Å². The van der Waals surface area contributed by atoms with Crippen LogP contribution in [-0.2, 0) is 17.6 Å². The number of amides is 1. The Labute approximate surface area is 161 Å². The van der Waals surface area contributed by atoms with E-state index in [0.717, 1.165) is 66.2 Å². The number of nitrogen functional groups attached to an aromatic ring is 1. The molecule has 0 aliphatic carbocycles. The Kier molecular flexibility index (Phi) is 6.35. The van der Waals surface area contributed by atoms with Crippen LogP contribution in [0.1, 0.15) is 35.1 Å². The van der Waals surface area contributed by atoms with Gasteiger partial charge in [0.2, 0.25) is 5.91 Å². The quantitative estimate of drug-likeness (QED) is 0.494. The van der Waals surface area contributed by atoms with Crippen LogP contribution in [0.15, 0.2) is 30.3 Å². The Balaban J connectivity index is 1.43. The number of benzene rings is 2. The van der Waals surface area contributed by atoms with E-state index >= 15 is 0 Å². The van der Waals surface area contributed by atoms with Crippen LogP contribution in [0.5, 0.6) is 5.75 Å². The second kappa shape index (κ2) is 8.91. The van der Waals surface area contributed by atoms with Crippen LogP contribution in [0.3, 0.4) is 0 Å². The summed E-state index contributed by atoms with van der Waals surface area (Å²) < 4.78 is 6.08. The van der Waals surface area contributed by atoms with Crippen molar-refractivity contribution in [3.05, 3.63) is 52.6 Å². The molecule has 0 unspecified atom stereocenters. The number of hydrogen-bond acceptors (Lipinski definition) is 4. The maximum absolute atomic E-state index is 11.7. The standard InChI is InChI=1S/C22H29N3O2/c1-15-14-16(2)22(19-9-10-20(26)25-21(15)19)27-13-12-24-11-3-4-17-5-7-18(23)8-6-17/h5-8,14,24H,3-4,9-13,23H2,1-2H3,(H,25,26). The second-order valence-corrected chi connectivity index (χ2v) is 7.18. The minimum Gasteiger partial charge on any atom is -0.492 e. The van der Waals surface area contributed by atoms with Crippen LogP contribution < -0.4 is 21.1 Å². The third-order valence-corrected chi connectivity index (χ3v) is 4.95. The number of ether oxygens (including phenoxy) is 1. The molecule has 5 heteroatoms. The maximum atomic E-state index is 11.7. The molecular weight excluding hydrogens is 338 g/mol. The molecule has 1 aliphatic heterocycles. The van der Waals surface area contributed by atoms with E-state index in [9.17, 15) is 4.79 Å². The Morgan fingerprint density at radius 1 is 1.11 bits per heavy atom. The van der Waals surface area contributed by atoms with Crippen molar-refractivity contribution >= 4 is 17.3 Å². The molecule has 1 amide bonds. The van der Waals surface area contributed by atoms with E-state index < -0.39 is 0 Å². The van der Waals surface area contributed by atoms with Crippen molar-refractivity contribution in [1.29, 1.82) is 0 Å². The normalized spacial score (nSPS) is 13.2. The average Bonchev–Trinajstić information content (AvgIpc) is 2.65. The molecule has 3 rings (SSSR count). The fourth-order valence-electron chi connectivity index (χ4n) is 3.56. The van der Waals surface area contributed by atoms with Gasteiger partial charge >= 0.3 is 0 Å². The van der Waals surface area contributed by atoms with E-state index in [1.165, 1.54) is 5.56 Å². The zero-order chi connectivity index (χ0) is 19.2. The van der Waals surface area contributed by atoms with Crippen LogP contribution in [0, 0.1) is 13.8 Å². The summed E-state index contributed by atoms with van der Waals surface area (Å²) in [6.07, 6.45) is 3.39. The zero-order valence-electron chi connectivity index (χ0n) is 16.2. The van der Waals surface area contributed by atoms with Gasteiger partial charge in [0.25, 0.3) is 0 Å². The largest absolute Gasteiger partial charge is 0.492 e. The Hall–Kier alpha value is -2.53. The highest BCUT2D eigenvalue weighted by Gasteiger charge is 2.22. The predicted molar refractivity (Wildman–Crippen MR) is 110 cm³/mol. The first-order chi connectivity index (χ1) is 13.0. The van der Waals surface area contributed by atoms with Gasteiger partial charge in [-0.15, -0.1) is 0 Å². The smallest absolute Gasteiger partial charge is 0.224 e. The van der Waals surface area contributed by atoms with E-state index in [1.807, 2.05) is 19.1 Å². The summed E-state index contributed by atoms with van der Waals surface area (Å²) in [4.78, 5) is 11.7. The minimum absolute atomic E-state index is 0.0863. The van der Waals surface area contributed by atoms with Crippen LogP contribution in [0.25, 0.3) is 0 Å². The first kappa shape index (κ1) is 19.2. The summed E-state index contributed by atoms with van der Waals surface area (Å²) in [6.45, 7) is 6.47. The second-order valence-electron chi connectivity index (χ2n) is 7.18. The highest BCUT2D eigenvalue weighted by Crippen LogP contribution is 2.36. The van der Waals surface area contributed by atoms with Gasteiger partial charge in [0, 0.05) is 24.2 Å². The van der Waals surface area contributed by atoms with Gasteiger partial charge in [0.1, 0.15) is 12.4 Å². The average molecular weight is 367 g/mol. The summed E-state index contributed by atoms with van der Waals surface area (Å²) in [5.41, 5.74) is 12.1. The number of carbonyl (C=O) groups excluding carboxylic acids is 1. The Morgan fingerprint density at radius 2 is 1.89 bits per heavy atom. The molecule has 27 heavy (non-hydrogen) atoms. The van der Waals surface area contributed by atoms with Crippen molar-refractivity contribution < 1.29 is 9.53 Å². The molecule has 0 atom stereocenters. The van der Waals surface area contributed by atoms with E-state index in [0.29, 0.717) is 13.0 Å². The number of aryl methyl sites for hydroxylation is 3. The van der Waals surface area contributed by atoms with Crippen molar-refractivity contribution in [1.82, 2.24) is 5.32 Å². The van der Waals surface area contributed by atoms with Gasteiger partial charge in [-0.05, 0) is 68.5 Å². The molecule has 2 aromatic carbocycles. The van der Waals surface area contributed by atoms with Gasteiger partial charge < -0.3 is 21.1 Å². The molecule has 1 heterocycles. The van der Waals surface area contributed by atoms with Crippen LogP contribution in [0.2, 0.25) is 0 Å². The molecule has 2 aromatic rings. The molecule has 0 spiro atoms. The van der Waals surface area contributed by atoms with Gasteiger partial charge in [-0.3, -0.25) is 4.79 Å². The van der Waals surface area contributed by atoms with Crippen molar-refractivity contribution in [3.63, 3.8) is 0 Å². The molecule has 0 fully saturated rings. The third-order valence-electron chi connectivity index (χ3n) is 4.95. The first-order valence-electron chi connectivity index (χ1n) is 9.65. The SMILES string of the molecule is Cc1cc(C)c(OCCNCCCc2ccc(N)cc2)c2c1NC(=O)CC2. The summed E-state index contributed by atoms with van der Waals surface area (Å²) in [6, 6.07) is 10.1. The van der Waals surface area contributed by atoms with Crippen molar-refractivity contribution in [3.8, 4) is 5.75 Å². The number of carbonyl (C=O) groups is 1. The molecule has 0 saturated carbocycles. The lowest BCUT2D eigenvalue weighted by atomic mass is 9.95. The molecule has 0 bridgehead atoms. The number of hydrogen-bond donors (Lipinski definition) is 3. The monoisotopic (exact) mass is 367 g/mol. The fourth-order valence-corrected chi connectivity index (χ4v) is 3.56. The van der Waals surface area contributed by atoms with Gasteiger partial charge in [-0.1, -0.05) is 18.2 Å². The topological polar surface area (TPSA) is 76.4 Å². The molecule has 1 aliphatic rings. The van der Waals surface area contributed by atoms with Crippen molar-refractivity contribution in [2.75, 3.05) is 30.7 Å². The lowest BCUT2D eigenvalue weighted by molar-refractivity contribution is -0.116. The molecule has 0 radical (unpaired) electrons. The maximum Gasteiger partial charge on any atom is 0.224 e. The van der Waals surface area contributed by atoms with Crippen LogP contribution in [-0.4, -0.2) is 25.6 Å². The van der Waals surface area contributed by atoms with Gasteiger partial charge in [0.05, 0.1) is 5.69 Å². The fraction of sp³-hybridized carbons (Fsp3) is 0.409. The Bertz CT molecular complexity index is 800. The number of anilines is 2. The number of rotatable bonds is 8. The van der Waals surface area contributed by atoms with E-state index in [2.05, 4.69) is 35.8 Å². The first-order valence-corrected chi connectivity index (χ1v) is 9.65. The number of nitrogens with one attached hydrogen (secondary N) is 2. The van der Waals surface area contributed by atoms with Crippen LogP contribution >= 0.6 is 0 Å². The van der Waals surface area contributed by atoms with Gasteiger partial charge in [-0.25, -0.2) is 0 Å². The molecule has 0 saturated heterocycles. The van der Waals surface area contributed by atoms with E-state index in [-0.39, 0.29) is 5.91 Å². The molecule has 5 nitrogen and oxygen atoms in total. The minimum atomic E-state index is 0.0863. The third kappa shape index (κ3) is 5.01. The highest BCUT2D eigenvalue weighted by atomic mass is 16.5. The van der Waals surface area contributed by atoms with Gasteiger partial charge in [-0.2, -0.15) is 0 Å². The van der Waals surface area contributed by atoms with Gasteiger partial charge in [0.15, 0.2) is 0 Å². The summed E-state index contributed by atoms with van der Waals surface area (Å²) in [5.74, 6) is 1.02. The van der Waals surface area contributed by atoms with Crippen molar-refractivity contribution in [2.24, 2.45) is 0 Å². The summed E-state index contributed by atoms with van der Waals surface area (Å²) in [7, 11) is 0. The molecule has 4 N–H and O–H groups in total. The zero-order valence-corrected chi connectivity index (χ0v) is 16.2. The predicted octanol–water partition coefficient (Wildman–Crippen LogP) is 3.37. The molecule has 144 valence electrons. The lowest BCUT2D eigenvalue weighted by Crippen LogP contribution is -2.24. The number of nitrogens with two attached hydrogens (primary N) is 1.